The Kier molecular flexibility index (Phi) is 7.92. The number of carbonyl (C=O) groups excluding carboxylic acids is 1. The number of benzene rings is 2. The van der Waals surface area contributed by atoms with Gasteiger partial charge in [0, 0.05) is 14.1 Å². The minimum Gasteiger partial charge on any atom is -0.457 e. The molecule has 1 unspecified atom stereocenters. The van der Waals surface area contributed by atoms with Crippen LogP contribution in [0.1, 0.15) is 20.8 Å². The molecule has 12 heteroatoms. The van der Waals surface area contributed by atoms with Gasteiger partial charge in [0.25, 0.3) is 16.1 Å². The van der Waals surface area contributed by atoms with E-state index in [4.69, 9.17) is 15.2 Å². The summed E-state index contributed by atoms with van der Waals surface area (Å²) in [5.74, 6) is -1.40. The van der Waals surface area contributed by atoms with Gasteiger partial charge < -0.3 is 15.2 Å². The molecule has 33 heavy (non-hydrogen) atoms. The molecule has 0 aliphatic carbocycles. The summed E-state index contributed by atoms with van der Waals surface area (Å²) in [4.78, 5) is 12.3. The number of hydrogen-bond donors (Lipinski definition) is 2. The number of nitrogens with two attached hydrogens (primary N) is 1. The molecule has 2 rings (SSSR count). The van der Waals surface area contributed by atoms with E-state index in [0.29, 0.717) is 11.5 Å². The number of hydrogen-bond acceptors (Lipinski definition) is 7. The molecule has 0 radical (unpaired) electrons. The predicted molar refractivity (Wildman–Crippen MR) is 124 cm³/mol. The second-order valence-corrected chi connectivity index (χ2v) is 12.3. The zero-order chi connectivity index (χ0) is 25.1. The fraction of sp³-hybridized carbons (Fsp3) is 0.381. The first-order valence-electron chi connectivity index (χ1n) is 9.84. The van der Waals surface area contributed by atoms with E-state index >= 15 is 0 Å². The molecule has 2 aromatic rings. The first-order chi connectivity index (χ1) is 15.1. The molecular formula is C21H29N3O7S2. The van der Waals surface area contributed by atoms with Crippen molar-refractivity contribution in [3.8, 4) is 11.5 Å². The van der Waals surface area contributed by atoms with Crippen LogP contribution in [0.5, 0.6) is 11.5 Å². The average molecular weight is 500 g/mol. The summed E-state index contributed by atoms with van der Waals surface area (Å²) < 4.78 is 65.5. The normalized spacial score (nSPS) is 14.6. The van der Waals surface area contributed by atoms with Gasteiger partial charge in [-0.3, -0.25) is 4.79 Å². The lowest BCUT2D eigenvalue weighted by atomic mass is 10.1. The van der Waals surface area contributed by atoms with Crippen LogP contribution in [0.25, 0.3) is 0 Å². The van der Waals surface area contributed by atoms with Crippen molar-refractivity contribution < 1.29 is 31.1 Å². The van der Waals surface area contributed by atoms with Gasteiger partial charge in [0.1, 0.15) is 17.3 Å². The molecule has 1 atom stereocenters. The lowest BCUT2D eigenvalue weighted by Crippen LogP contribution is -2.66. The Labute approximate surface area is 194 Å². The molecule has 0 spiro atoms. The third kappa shape index (κ3) is 7.24. The Morgan fingerprint density at radius 3 is 1.91 bits per heavy atom. The van der Waals surface area contributed by atoms with Crippen LogP contribution in [0.3, 0.4) is 0 Å². The summed E-state index contributed by atoms with van der Waals surface area (Å²) in [6.07, 6.45) is 0. The standard InChI is InChI=1S/C21H29N3O7S2/c1-20(2,3)31-21(19(22)25,23-33(28,29)24(4)5)15-32(26,27)18-13-11-17(12-14-18)30-16-9-7-6-8-10-16/h6-14,23H,15H2,1-5H3,(H2,22,25). The zero-order valence-electron chi connectivity index (χ0n) is 19.1. The molecule has 0 saturated carbocycles. The fourth-order valence-corrected chi connectivity index (χ4v) is 5.20. The van der Waals surface area contributed by atoms with E-state index in [-0.39, 0.29) is 4.90 Å². The number of nitrogens with one attached hydrogen (secondary N) is 1. The van der Waals surface area contributed by atoms with Gasteiger partial charge in [0.2, 0.25) is 5.72 Å². The van der Waals surface area contributed by atoms with Crippen LogP contribution in [-0.2, 0) is 29.6 Å². The Morgan fingerprint density at radius 1 is 0.939 bits per heavy atom. The smallest absolute Gasteiger partial charge is 0.281 e. The molecule has 0 aromatic heterocycles. The van der Waals surface area contributed by atoms with Gasteiger partial charge in [0.05, 0.1) is 10.5 Å². The molecule has 182 valence electrons. The van der Waals surface area contributed by atoms with Crippen molar-refractivity contribution in [3.05, 3.63) is 54.6 Å². The largest absolute Gasteiger partial charge is 0.457 e. The Balaban J connectivity index is 2.42. The second-order valence-electron chi connectivity index (χ2n) is 8.44. The van der Waals surface area contributed by atoms with Gasteiger partial charge in [-0.05, 0) is 57.2 Å². The summed E-state index contributed by atoms with van der Waals surface area (Å²) in [5.41, 5.74) is 1.81. The highest BCUT2D eigenvalue weighted by Gasteiger charge is 2.49. The van der Waals surface area contributed by atoms with Gasteiger partial charge in [-0.2, -0.15) is 17.4 Å². The minimum atomic E-state index is -4.30. The van der Waals surface area contributed by atoms with E-state index in [9.17, 15) is 21.6 Å². The predicted octanol–water partition coefficient (Wildman–Crippen LogP) is 1.65. The number of amides is 1. The van der Waals surface area contributed by atoms with Gasteiger partial charge >= 0.3 is 0 Å². The third-order valence-corrected chi connectivity index (χ3v) is 7.53. The topological polar surface area (TPSA) is 145 Å². The molecule has 2 aromatic carbocycles. The van der Waals surface area contributed by atoms with Crippen LogP contribution < -0.4 is 15.2 Å². The van der Waals surface area contributed by atoms with Crippen molar-refractivity contribution in [2.24, 2.45) is 5.73 Å². The maximum Gasteiger partial charge on any atom is 0.281 e. The number of primary amides is 1. The van der Waals surface area contributed by atoms with E-state index in [1.54, 1.807) is 24.3 Å². The molecule has 0 saturated heterocycles. The molecule has 1 amide bonds. The lowest BCUT2D eigenvalue weighted by molar-refractivity contribution is -0.162. The average Bonchev–Trinajstić information content (AvgIpc) is 2.67. The first kappa shape index (κ1) is 26.7. The number of sulfone groups is 1. The Morgan fingerprint density at radius 2 is 1.45 bits per heavy atom. The summed E-state index contributed by atoms with van der Waals surface area (Å²) >= 11 is 0. The van der Waals surface area contributed by atoms with E-state index < -0.39 is 43.0 Å². The number of carbonyl (C=O) groups is 1. The van der Waals surface area contributed by atoms with Crippen molar-refractivity contribution in [1.29, 1.82) is 0 Å². The monoisotopic (exact) mass is 499 g/mol. The Hall–Kier alpha value is -2.51. The van der Waals surface area contributed by atoms with Gasteiger partial charge in [-0.15, -0.1) is 0 Å². The second kappa shape index (κ2) is 9.77. The van der Waals surface area contributed by atoms with Gasteiger partial charge in [-0.1, -0.05) is 18.2 Å². The Bertz CT molecular complexity index is 1170. The number of nitrogens with zero attached hydrogens (tertiary/aromatic N) is 1. The molecular weight excluding hydrogens is 470 g/mol. The van der Waals surface area contributed by atoms with Gasteiger partial charge in [0.15, 0.2) is 9.84 Å². The van der Waals surface area contributed by atoms with Gasteiger partial charge in [-0.25, -0.2) is 8.42 Å². The fourth-order valence-electron chi connectivity index (χ4n) is 2.76. The third-order valence-electron chi connectivity index (χ3n) is 4.21. The SMILES string of the molecule is CN(C)S(=O)(=O)NC(CS(=O)(=O)c1ccc(Oc2ccccc2)cc1)(OC(C)(C)C)C(N)=O. The summed E-state index contributed by atoms with van der Waals surface area (Å²) in [6, 6.07) is 14.4. The maximum absolute atomic E-state index is 13.2. The highest BCUT2D eigenvalue weighted by Crippen LogP contribution is 2.27. The molecule has 0 aliphatic rings. The lowest BCUT2D eigenvalue weighted by Gasteiger charge is -2.37. The molecule has 0 fully saturated rings. The van der Waals surface area contributed by atoms with Crippen molar-refractivity contribution in [3.63, 3.8) is 0 Å². The number of para-hydroxylation sites is 1. The molecule has 0 aliphatic heterocycles. The van der Waals surface area contributed by atoms with E-state index in [0.717, 1.165) is 4.31 Å². The first-order valence-corrected chi connectivity index (χ1v) is 12.9. The molecule has 3 N–H and O–H groups in total. The van der Waals surface area contributed by atoms with Crippen LogP contribution in [0.2, 0.25) is 0 Å². The van der Waals surface area contributed by atoms with Crippen LogP contribution in [-0.4, -0.2) is 58.2 Å². The summed E-state index contributed by atoms with van der Waals surface area (Å²) in [6.45, 7) is 4.62. The molecule has 10 nitrogen and oxygen atoms in total. The van der Waals surface area contributed by atoms with E-state index in [1.165, 1.54) is 59.1 Å². The number of ether oxygens (including phenoxy) is 2. The van der Waals surface area contributed by atoms with Crippen molar-refractivity contribution >= 4 is 26.0 Å². The molecule has 0 heterocycles. The van der Waals surface area contributed by atoms with Crippen LogP contribution >= 0.6 is 0 Å². The maximum atomic E-state index is 13.2. The van der Waals surface area contributed by atoms with Crippen molar-refractivity contribution in [1.82, 2.24) is 9.03 Å². The van der Waals surface area contributed by atoms with Crippen molar-refractivity contribution in [2.75, 3.05) is 19.8 Å². The highest BCUT2D eigenvalue weighted by atomic mass is 32.2. The van der Waals surface area contributed by atoms with Crippen LogP contribution in [0.15, 0.2) is 59.5 Å². The van der Waals surface area contributed by atoms with E-state index in [2.05, 4.69) is 0 Å². The van der Waals surface area contributed by atoms with E-state index in [1.807, 2.05) is 10.8 Å². The van der Waals surface area contributed by atoms with Crippen LogP contribution in [0, 0.1) is 0 Å². The van der Waals surface area contributed by atoms with Crippen LogP contribution in [0.4, 0.5) is 0 Å². The summed E-state index contributed by atoms with van der Waals surface area (Å²) in [5, 5.41) is 0. The zero-order valence-corrected chi connectivity index (χ0v) is 20.7. The minimum absolute atomic E-state index is 0.171. The highest BCUT2D eigenvalue weighted by molar-refractivity contribution is 7.91. The number of rotatable bonds is 10. The summed E-state index contributed by atoms with van der Waals surface area (Å²) in [7, 11) is -6.12. The quantitative estimate of drug-likeness (QED) is 0.473. The van der Waals surface area contributed by atoms with Crippen molar-refractivity contribution in [2.45, 2.75) is 37.0 Å². The molecule has 0 bridgehead atoms.